The lowest BCUT2D eigenvalue weighted by molar-refractivity contribution is -0.114. The predicted molar refractivity (Wildman–Crippen MR) is 142 cm³/mol. The maximum atomic E-state index is 13.3. The van der Waals surface area contributed by atoms with Crippen molar-refractivity contribution in [3.63, 3.8) is 0 Å². The fourth-order valence-corrected chi connectivity index (χ4v) is 7.04. The molecule has 2 amide bonds. The van der Waals surface area contributed by atoms with Crippen LogP contribution in [-0.4, -0.2) is 43.1 Å². The Kier molecular flexibility index (Phi) is 8.79. The molecule has 1 saturated carbocycles. The lowest BCUT2D eigenvalue weighted by Crippen LogP contribution is -2.40. The number of hydrogen-bond acceptors (Lipinski definition) is 7. The van der Waals surface area contributed by atoms with Crippen LogP contribution in [0.25, 0.3) is 10.4 Å². The molecule has 0 atom stereocenters. The molecule has 2 aromatic rings. The Balaban J connectivity index is 1.81. The van der Waals surface area contributed by atoms with E-state index in [9.17, 15) is 18.0 Å². The Morgan fingerprint density at radius 1 is 1.14 bits per heavy atom. The summed E-state index contributed by atoms with van der Waals surface area (Å²) >= 11 is 1.48. The van der Waals surface area contributed by atoms with Gasteiger partial charge in [0.1, 0.15) is 0 Å². The Labute approximate surface area is 217 Å². The average molecular weight is 537 g/mol. The van der Waals surface area contributed by atoms with Crippen molar-refractivity contribution < 1.29 is 22.7 Å². The number of aromatic nitrogens is 1. The molecule has 1 fully saturated rings. The first kappa shape index (κ1) is 28.1. The molecular weight excluding hydrogens is 500 g/mol. The van der Waals surface area contributed by atoms with E-state index in [-0.39, 0.29) is 35.0 Å². The summed E-state index contributed by atoms with van der Waals surface area (Å²) in [5, 5.41) is 6.54. The van der Waals surface area contributed by atoms with Gasteiger partial charge in [-0.15, -0.1) is 11.3 Å². The molecule has 1 aliphatic carbocycles. The van der Waals surface area contributed by atoms with E-state index in [1.807, 2.05) is 13.8 Å². The van der Waals surface area contributed by atoms with E-state index in [2.05, 4.69) is 20.3 Å². The number of thiazole rings is 1. The highest BCUT2D eigenvalue weighted by atomic mass is 32.2. The summed E-state index contributed by atoms with van der Waals surface area (Å²) in [5.74, 6) is -0.0353. The smallest absolute Gasteiger partial charge is 0.407 e. The van der Waals surface area contributed by atoms with E-state index in [1.54, 1.807) is 39.1 Å². The van der Waals surface area contributed by atoms with Crippen LogP contribution in [0.15, 0.2) is 29.3 Å². The standard InChI is InChI=1S/C25H36N4O5S2/c1-15(2)34-24(31)28-18-9-7-17(8-10-18)23-26-14-21(35-23)20-12-11-19(27-16(3)30)13-22(20)36(32,33)29-25(4,5)6/h11-15,17-18,29H,7-10H2,1-6H3,(H,27,30)(H,28,31). The number of amides is 2. The van der Waals surface area contributed by atoms with Gasteiger partial charge in [-0.1, -0.05) is 6.07 Å². The highest BCUT2D eigenvalue weighted by Gasteiger charge is 2.29. The van der Waals surface area contributed by atoms with Gasteiger partial charge in [0.15, 0.2) is 0 Å². The van der Waals surface area contributed by atoms with Crippen LogP contribution in [0.2, 0.25) is 0 Å². The number of anilines is 1. The molecule has 1 aliphatic rings. The maximum Gasteiger partial charge on any atom is 0.407 e. The number of alkyl carbamates (subject to hydrolysis) is 1. The van der Waals surface area contributed by atoms with Crippen molar-refractivity contribution in [1.82, 2.24) is 15.0 Å². The summed E-state index contributed by atoms with van der Waals surface area (Å²) in [7, 11) is -3.87. The van der Waals surface area contributed by atoms with E-state index in [4.69, 9.17) is 4.74 Å². The Bertz CT molecular complexity index is 1190. The van der Waals surface area contributed by atoms with Gasteiger partial charge in [0.05, 0.1) is 20.9 Å². The number of carbonyl (C=O) groups is 2. The largest absolute Gasteiger partial charge is 0.447 e. The zero-order valence-corrected chi connectivity index (χ0v) is 23.3. The number of nitrogens with zero attached hydrogens (tertiary/aromatic N) is 1. The topological polar surface area (TPSA) is 126 Å². The second-order valence-electron chi connectivity index (χ2n) is 10.5. The van der Waals surface area contributed by atoms with Gasteiger partial charge in [-0.25, -0.2) is 22.9 Å². The van der Waals surface area contributed by atoms with Crippen LogP contribution in [-0.2, 0) is 19.6 Å². The summed E-state index contributed by atoms with van der Waals surface area (Å²) in [6.45, 7) is 10.4. The Morgan fingerprint density at radius 2 is 1.81 bits per heavy atom. The third-order valence-electron chi connectivity index (χ3n) is 5.56. The first-order valence-electron chi connectivity index (χ1n) is 12.1. The van der Waals surface area contributed by atoms with E-state index in [1.165, 1.54) is 24.3 Å². The normalized spacial score (nSPS) is 18.6. The van der Waals surface area contributed by atoms with Crippen molar-refractivity contribution in [2.24, 2.45) is 0 Å². The molecule has 3 rings (SSSR count). The van der Waals surface area contributed by atoms with Crippen molar-refractivity contribution in [2.45, 2.75) is 95.7 Å². The van der Waals surface area contributed by atoms with Crippen molar-refractivity contribution >= 4 is 39.0 Å². The Hall–Kier alpha value is -2.50. The molecule has 1 aromatic heterocycles. The van der Waals surface area contributed by atoms with Crippen LogP contribution in [0.5, 0.6) is 0 Å². The molecule has 9 nitrogen and oxygen atoms in total. The van der Waals surface area contributed by atoms with Crippen LogP contribution in [0.1, 0.15) is 78.2 Å². The average Bonchev–Trinajstić information content (AvgIpc) is 3.21. The number of hydrogen-bond donors (Lipinski definition) is 3. The third-order valence-corrected chi connectivity index (χ3v) is 8.55. The second-order valence-corrected chi connectivity index (χ2v) is 13.2. The van der Waals surface area contributed by atoms with Gasteiger partial charge in [0, 0.05) is 41.9 Å². The highest BCUT2D eigenvalue weighted by molar-refractivity contribution is 7.89. The number of rotatable bonds is 7. The van der Waals surface area contributed by atoms with Gasteiger partial charge >= 0.3 is 6.09 Å². The lowest BCUT2D eigenvalue weighted by atomic mass is 9.86. The molecule has 1 aromatic carbocycles. The van der Waals surface area contributed by atoms with Crippen LogP contribution in [0, 0.1) is 0 Å². The molecule has 0 aliphatic heterocycles. The molecule has 0 saturated heterocycles. The molecule has 36 heavy (non-hydrogen) atoms. The molecule has 0 bridgehead atoms. The summed E-state index contributed by atoms with van der Waals surface area (Å²) in [6, 6.07) is 4.96. The quantitative estimate of drug-likeness (QED) is 0.457. The molecule has 0 unspecified atom stereocenters. The van der Waals surface area contributed by atoms with Crippen LogP contribution in [0.4, 0.5) is 10.5 Å². The molecule has 198 valence electrons. The van der Waals surface area contributed by atoms with Gasteiger partial charge in [0.25, 0.3) is 0 Å². The van der Waals surface area contributed by atoms with E-state index < -0.39 is 15.6 Å². The molecule has 0 radical (unpaired) electrons. The van der Waals surface area contributed by atoms with Crippen LogP contribution < -0.4 is 15.4 Å². The van der Waals surface area contributed by atoms with Gasteiger partial charge in [-0.05, 0) is 72.4 Å². The van der Waals surface area contributed by atoms with Crippen molar-refractivity contribution in [1.29, 1.82) is 0 Å². The number of sulfonamides is 1. The van der Waals surface area contributed by atoms with E-state index in [0.29, 0.717) is 11.3 Å². The second kappa shape index (κ2) is 11.3. The molecule has 1 heterocycles. The van der Waals surface area contributed by atoms with E-state index >= 15 is 0 Å². The van der Waals surface area contributed by atoms with Crippen molar-refractivity contribution in [3.8, 4) is 10.4 Å². The Morgan fingerprint density at radius 3 is 2.39 bits per heavy atom. The first-order valence-corrected chi connectivity index (χ1v) is 14.4. The minimum atomic E-state index is -3.87. The monoisotopic (exact) mass is 536 g/mol. The van der Waals surface area contributed by atoms with Crippen molar-refractivity contribution in [2.75, 3.05) is 5.32 Å². The summed E-state index contributed by atoms with van der Waals surface area (Å²) < 4.78 is 34.5. The number of carbonyl (C=O) groups excluding carboxylic acids is 2. The first-order chi connectivity index (χ1) is 16.7. The zero-order valence-electron chi connectivity index (χ0n) is 21.7. The summed E-state index contributed by atoms with van der Waals surface area (Å²) in [6.07, 6.45) is 4.57. The molecule has 3 N–H and O–H groups in total. The zero-order chi connectivity index (χ0) is 26.7. The minimum absolute atomic E-state index is 0.0773. The van der Waals surface area contributed by atoms with Gasteiger partial charge in [0.2, 0.25) is 15.9 Å². The summed E-state index contributed by atoms with van der Waals surface area (Å²) in [5.41, 5.74) is 0.274. The minimum Gasteiger partial charge on any atom is -0.447 e. The van der Waals surface area contributed by atoms with Gasteiger partial charge in [-0.3, -0.25) is 4.79 Å². The molecular formula is C25H36N4O5S2. The molecule has 11 heteroatoms. The lowest BCUT2D eigenvalue weighted by Gasteiger charge is -2.28. The van der Waals surface area contributed by atoms with Crippen LogP contribution >= 0.6 is 11.3 Å². The third kappa shape index (κ3) is 7.75. The van der Waals surface area contributed by atoms with Gasteiger partial charge < -0.3 is 15.4 Å². The number of benzene rings is 1. The number of ether oxygens (including phenoxy) is 1. The summed E-state index contributed by atoms with van der Waals surface area (Å²) in [4.78, 5) is 28.9. The fraction of sp³-hybridized carbons (Fsp3) is 0.560. The van der Waals surface area contributed by atoms with Crippen LogP contribution in [0.3, 0.4) is 0 Å². The maximum absolute atomic E-state index is 13.3. The fourth-order valence-electron chi connectivity index (χ4n) is 4.19. The number of nitrogens with one attached hydrogen (secondary N) is 3. The van der Waals surface area contributed by atoms with E-state index in [0.717, 1.165) is 35.6 Å². The highest BCUT2D eigenvalue weighted by Crippen LogP contribution is 2.40. The van der Waals surface area contributed by atoms with Crippen molar-refractivity contribution in [3.05, 3.63) is 29.4 Å². The predicted octanol–water partition coefficient (Wildman–Crippen LogP) is 5.01. The molecule has 0 spiro atoms. The van der Waals surface area contributed by atoms with Gasteiger partial charge in [-0.2, -0.15) is 0 Å². The SMILES string of the molecule is CC(=O)Nc1ccc(-c2cnc(C3CCC(NC(=O)OC(C)C)CC3)s2)c(S(=O)(=O)NC(C)(C)C)c1.